The van der Waals surface area contributed by atoms with Crippen LogP contribution >= 0.6 is 0 Å². The van der Waals surface area contributed by atoms with Crippen LogP contribution < -0.4 is 5.32 Å². The minimum Gasteiger partial charge on any atom is -0.352 e. The average Bonchev–Trinajstić information content (AvgIpc) is 3.23. The lowest BCUT2D eigenvalue weighted by molar-refractivity contribution is -0.139. The molecule has 3 rings (SSSR count). The predicted octanol–water partition coefficient (Wildman–Crippen LogP) is 3.89. The molecule has 0 saturated heterocycles. The molecule has 2 aromatic rings. The summed E-state index contributed by atoms with van der Waals surface area (Å²) in [5.74, 6) is -0.765. The molecule has 0 aromatic heterocycles. The number of halogens is 1. The average molecular weight is 397 g/mol. The third-order valence-corrected chi connectivity index (χ3v) is 5.65. The Bertz CT molecular complexity index is 819. The fourth-order valence-electron chi connectivity index (χ4n) is 3.87. The fraction of sp³-hybridized carbons (Fsp3) is 0.417. The fourth-order valence-corrected chi connectivity index (χ4v) is 3.87. The van der Waals surface area contributed by atoms with Gasteiger partial charge in [-0.3, -0.25) is 9.59 Å². The van der Waals surface area contributed by atoms with Crippen molar-refractivity contribution in [1.82, 2.24) is 10.2 Å². The van der Waals surface area contributed by atoms with Crippen molar-refractivity contribution in [3.05, 3.63) is 71.5 Å². The summed E-state index contributed by atoms with van der Waals surface area (Å²) < 4.78 is 14.0. The first kappa shape index (κ1) is 21.0. The Kier molecular flexibility index (Phi) is 7.39. The largest absolute Gasteiger partial charge is 0.352 e. The summed E-state index contributed by atoms with van der Waals surface area (Å²) in [4.78, 5) is 27.4. The standard InChI is InChI=1S/C24H29FN2O2/c1-18(24(29)26-21-12-6-7-13-21)27(16-15-19-9-3-2-4-10-19)23(28)17-20-11-5-8-14-22(20)25/h2-5,8-11,14,18,21H,6-7,12-13,15-17H2,1H3,(H,26,29)/t18-/m1/s1. The molecule has 1 aliphatic carbocycles. The van der Waals surface area contributed by atoms with Gasteiger partial charge in [-0.2, -0.15) is 0 Å². The van der Waals surface area contributed by atoms with Gasteiger partial charge >= 0.3 is 0 Å². The first-order chi connectivity index (χ1) is 14.0. The van der Waals surface area contributed by atoms with Gasteiger partial charge in [-0.15, -0.1) is 0 Å². The third-order valence-electron chi connectivity index (χ3n) is 5.65. The Morgan fingerprint density at radius 3 is 2.41 bits per heavy atom. The molecule has 29 heavy (non-hydrogen) atoms. The normalized spacial score (nSPS) is 15.1. The molecule has 0 spiro atoms. The minimum absolute atomic E-state index is 0.0531. The molecular weight excluding hydrogens is 367 g/mol. The van der Waals surface area contributed by atoms with Crippen LogP contribution in [0.4, 0.5) is 4.39 Å². The molecule has 0 aliphatic heterocycles. The summed E-state index contributed by atoms with van der Waals surface area (Å²) >= 11 is 0. The van der Waals surface area contributed by atoms with E-state index in [-0.39, 0.29) is 24.3 Å². The topological polar surface area (TPSA) is 49.4 Å². The van der Waals surface area contributed by atoms with Crippen molar-refractivity contribution in [2.45, 2.75) is 57.5 Å². The third kappa shape index (κ3) is 5.89. The maximum absolute atomic E-state index is 14.0. The van der Waals surface area contributed by atoms with Crippen molar-refractivity contribution in [3.8, 4) is 0 Å². The van der Waals surface area contributed by atoms with E-state index in [9.17, 15) is 14.0 Å². The van der Waals surface area contributed by atoms with Crippen LogP contribution in [0.2, 0.25) is 0 Å². The van der Waals surface area contributed by atoms with Crippen LogP contribution in [-0.4, -0.2) is 35.3 Å². The lowest BCUT2D eigenvalue weighted by Gasteiger charge is -2.30. The van der Waals surface area contributed by atoms with Gasteiger partial charge in [-0.25, -0.2) is 4.39 Å². The lowest BCUT2D eigenvalue weighted by Crippen LogP contribution is -2.51. The highest BCUT2D eigenvalue weighted by molar-refractivity contribution is 5.88. The number of nitrogens with one attached hydrogen (secondary N) is 1. The minimum atomic E-state index is -0.599. The molecule has 1 N–H and O–H groups in total. The molecule has 1 aliphatic rings. The smallest absolute Gasteiger partial charge is 0.242 e. The second-order valence-corrected chi connectivity index (χ2v) is 7.76. The number of hydrogen-bond acceptors (Lipinski definition) is 2. The van der Waals surface area contributed by atoms with E-state index in [1.807, 2.05) is 30.3 Å². The van der Waals surface area contributed by atoms with E-state index in [4.69, 9.17) is 0 Å². The van der Waals surface area contributed by atoms with E-state index in [2.05, 4.69) is 5.32 Å². The van der Waals surface area contributed by atoms with Crippen molar-refractivity contribution in [1.29, 1.82) is 0 Å². The molecule has 1 saturated carbocycles. The highest BCUT2D eigenvalue weighted by Gasteiger charge is 2.28. The number of hydrogen-bond donors (Lipinski definition) is 1. The maximum atomic E-state index is 14.0. The number of benzene rings is 2. The van der Waals surface area contributed by atoms with Crippen LogP contribution in [-0.2, 0) is 22.4 Å². The zero-order chi connectivity index (χ0) is 20.6. The van der Waals surface area contributed by atoms with Crippen LogP contribution in [0.1, 0.15) is 43.7 Å². The summed E-state index contributed by atoms with van der Waals surface area (Å²) in [6, 6.07) is 15.8. The second kappa shape index (κ2) is 10.2. The quantitative estimate of drug-likeness (QED) is 0.736. The van der Waals surface area contributed by atoms with Crippen molar-refractivity contribution in [2.24, 2.45) is 0 Å². The summed E-state index contributed by atoms with van der Waals surface area (Å²) in [5.41, 5.74) is 1.45. The molecule has 2 aromatic carbocycles. The molecular formula is C24H29FN2O2. The summed E-state index contributed by atoms with van der Waals surface area (Å²) in [7, 11) is 0. The predicted molar refractivity (Wildman–Crippen MR) is 112 cm³/mol. The van der Waals surface area contributed by atoms with E-state index in [1.54, 1.807) is 30.0 Å². The van der Waals surface area contributed by atoms with Crippen molar-refractivity contribution < 1.29 is 14.0 Å². The summed E-state index contributed by atoms with van der Waals surface area (Å²) in [6.07, 6.45) is 4.83. The molecule has 1 fully saturated rings. The van der Waals surface area contributed by atoms with Crippen molar-refractivity contribution >= 4 is 11.8 Å². The van der Waals surface area contributed by atoms with E-state index in [1.165, 1.54) is 6.07 Å². The Morgan fingerprint density at radius 1 is 1.07 bits per heavy atom. The van der Waals surface area contributed by atoms with Gasteiger partial charge in [0, 0.05) is 12.6 Å². The van der Waals surface area contributed by atoms with Gasteiger partial charge in [0.15, 0.2) is 0 Å². The summed E-state index contributed by atoms with van der Waals surface area (Å²) in [5, 5.41) is 3.08. The van der Waals surface area contributed by atoms with Gasteiger partial charge < -0.3 is 10.2 Å². The monoisotopic (exact) mass is 396 g/mol. The number of rotatable bonds is 8. The Balaban J connectivity index is 1.71. The van der Waals surface area contributed by atoms with Gasteiger partial charge in [0.05, 0.1) is 6.42 Å². The molecule has 1 atom stereocenters. The molecule has 0 bridgehead atoms. The zero-order valence-electron chi connectivity index (χ0n) is 16.9. The van der Waals surface area contributed by atoms with Crippen LogP contribution in [0.5, 0.6) is 0 Å². The van der Waals surface area contributed by atoms with Gasteiger partial charge in [0.2, 0.25) is 11.8 Å². The lowest BCUT2D eigenvalue weighted by atomic mass is 10.1. The molecule has 2 amide bonds. The number of amides is 2. The second-order valence-electron chi connectivity index (χ2n) is 7.76. The maximum Gasteiger partial charge on any atom is 0.242 e. The molecule has 154 valence electrons. The Labute approximate surface area is 172 Å². The van der Waals surface area contributed by atoms with E-state index >= 15 is 0 Å². The SMILES string of the molecule is C[C@H](C(=O)NC1CCCC1)N(CCc1ccccc1)C(=O)Cc1ccccc1F. The molecule has 0 radical (unpaired) electrons. The molecule has 4 nitrogen and oxygen atoms in total. The first-order valence-electron chi connectivity index (χ1n) is 10.4. The Hall–Kier alpha value is -2.69. The molecule has 0 heterocycles. The highest BCUT2D eigenvalue weighted by Crippen LogP contribution is 2.18. The van der Waals surface area contributed by atoms with Gasteiger partial charge in [0.1, 0.15) is 11.9 Å². The zero-order valence-corrected chi connectivity index (χ0v) is 16.9. The van der Waals surface area contributed by atoms with Gasteiger partial charge in [-0.1, -0.05) is 61.4 Å². The summed E-state index contributed by atoms with van der Waals surface area (Å²) in [6.45, 7) is 2.17. The van der Waals surface area contributed by atoms with Crippen LogP contribution in [0.15, 0.2) is 54.6 Å². The van der Waals surface area contributed by atoms with Gasteiger partial charge in [0.25, 0.3) is 0 Å². The van der Waals surface area contributed by atoms with Crippen LogP contribution in [0.3, 0.4) is 0 Å². The van der Waals surface area contributed by atoms with E-state index < -0.39 is 11.9 Å². The first-order valence-corrected chi connectivity index (χ1v) is 10.4. The Morgan fingerprint density at radius 2 is 1.72 bits per heavy atom. The number of carbonyl (C=O) groups is 2. The molecule has 5 heteroatoms. The van der Waals surface area contributed by atoms with Gasteiger partial charge in [-0.05, 0) is 43.4 Å². The number of carbonyl (C=O) groups excluding carboxylic acids is 2. The van der Waals surface area contributed by atoms with E-state index in [0.29, 0.717) is 18.5 Å². The number of nitrogens with zero attached hydrogens (tertiary/aromatic N) is 1. The van der Waals surface area contributed by atoms with Crippen LogP contribution in [0, 0.1) is 5.82 Å². The van der Waals surface area contributed by atoms with Crippen molar-refractivity contribution in [2.75, 3.05) is 6.54 Å². The molecule has 0 unspecified atom stereocenters. The highest BCUT2D eigenvalue weighted by atomic mass is 19.1. The van der Waals surface area contributed by atoms with Crippen molar-refractivity contribution in [3.63, 3.8) is 0 Å². The van der Waals surface area contributed by atoms with E-state index in [0.717, 1.165) is 31.2 Å². The van der Waals surface area contributed by atoms with Crippen LogP contribution in [0.25, 0.3) is 0 Å².